The van der Waals surface area contributed by atoms with Crippen LogP contribution in [0.1, 0.15) is 43.5 Å². The van der Waals surface area contributed by atoms with Gasteiger partial charge in [0, 0.05) is 32.5 Å². The molecule has 0 saturated carbocycles. The number of aromatic nitrogens is 2. The fourth-order valence-corrected chi connectivity index (χ4v) is 4.06. The highest BCUT2D eigenvalue weighted by Crippen LogP contribution is 2.30. The number of carbonyl (C=O) groups excluding carboxylic acids is 1. The van der Waals surface area contributed by atoms with Crippen LogP contribution in [0, 0.1) is 0 Å². The van der Waals surface area contributed by atoms with Crippen molar-refractivity contribution < 1.29 is 9.53 Å². The molecule has 5 heteroatoms. The summed E-state index contributed by atoms with van der Waals surface area (Å²) in [6, 6.07) is 16.6. The van der Waals surface area contributed by atoms with E-state index >= 15 is 0 Å². The first-order valence-corrected chi connectivity index (χ1v) is 10.6. The van der Waals surface area contributed by atoms with E-state index in [-0.39, 0.29) is 11.8 Å². The number of nitrogens with zero attached hydrogens (tertiary/aromatic N) is 3. The average Bonchev–Trinajstić information content (AvgIpc) is 3.28. The predicted octanol–water partition coefficient (Wildman–Crippen LogP) is 4.40. The van der Waals surface area contributed by atoms with Gasteiger partial charge in [0.1, 0.15) is 11.6 Å². The lowest BCUT2D eigenvalue weighted by Crippen LogP contribution is -2.19. The summed E-state index contributed by atoms with van der Waals surface area (Å²) in [7, 11) is 1.87. The molecule has 1 aliphatic rings. The van der Waals surface area contributed by atoms with Gasteiger partial charge in [0.25, 0.3) is 0 Å². The lowest BCUT2D eigenvalue weighted by Gasteiger charge is -2.14. The SMILES string of the molecule is CCc1ccc(OCCCCn2c(C3CC(=O)N(C)C3)nc3ccccc32)cc1. The molecular weight excluding hydrogens is 362 g/mol. The van der Waals surface area contributed by atoms with Crippen molar-refractivity contribution >= 4 is 16.9 Å². The van der Waals surface area contributed by atoms with E-state index in [9.17, 15) is 4.79 Å². The third-order valence-corrected chi connectivity index (χ3v) is 5.77. The van der Waals surface area contributed by atoms with Crippen LogP contribution in [0.5, 0.6) is 5.75 Å². The third-order valence-electron chi connectivity index (χ3n) is 5.77. The van der Waals surface area contributed by atoms with Gasteiger partial charge in [-0.2, -0.15) is 0 Å². The zero-order valence-electron chi connectivity index (χ0n) is 17.3. The van der Waals surface area contributed by atoms with Gasteiger partial charge in [-0.15, -0.1) is 0 Å². The molecule has 0 aliphatic carbocycles. The van der Waals surface area contributed by atoms with E-state index in [1.54, 1.807) is 0 Å². The van der Waals surface area contributed by atoms with Crippen LogP contribution in [0.2, 0.25) is 0 Å². The highest BCUT2D eigenvalue weighted by molar-refractivity contribution is 5.80. The summed E-state index contributed by atoms with van der Waals surface area (Å²) in [4.78, 5) is 18.7. The van der Waals surface area contributed by atoms with Crippen LogP contribution in [0.3, 0.4) is 0 Å². The molecule has 152 valence electrons. The Balaban J connectivity index is 1.39. The van der Waals surface area contributed by atoms with Crippen molar-refractivity contribution in [2.24, 2.45) is 0 Å². The molecule has 4 rings (SSSR count). The van der Waals surface area contributed by atoms with Crippen LogP contribution in [0.15, 0.2) is 48.5 Å². The molecule has 1 amide bonds. The lowest BCUT2D eigenvalue weighted by atomic mass is 10.1. The van der Waals surface area contributed by atoms with Gasteiger partial charge < -0.3 is 14.2 Å². The first-order chi connectivity index (χ1) is 14.2. The summed E-state index contributed by atoms with van der Waals surface area (Å²) < 4.78 is 8.20. The molecule has 5 nitrogen and oxygen atoms in total. The minimum Gasteiger partial charge on any atom is -0.494 e. The maximum atomic E-state index is 12.0. The number of para-hydroxylation sites is 2. The summed E-state index contributed by atoms with van der Waals surface area (Å²) in [5, 5.41) is 0. The second-order valence-electron chi connectivity index (χ2n) is 7.84. The molecule has 0 bridgehead atoms. The third kappa shape index (κ3) is 4.29. The van der Waals surface area contributed by atoms with E-state index in [1.807, 2.05) is 30.1 Å². The van der Waals surface area contributed by atoms with Gasteiger partial charge in [-0.05, 0) is 49.1 Å². The van der Waals surface area contributed by atoms with Gasteiger partial charge in [-0.3, -0.25) is 4.79 Å². The first kappa shape index (κ1) is 19.5. The monoisotopic (exact) mass is 391 g/mol. The predicted molar refractivity (Wildman–Crippen MR) is 115 cm³/mol. The number of benzene rings is 2. The summed E-state index contributed by atoms with van der Waals surface area (Å²) in [5.74, 6) is 2.35. The highest BCUT2D eigenvalue weighted by Gasteiger charge is 2.31. The van der Waals surface area contributed by atoms with Crippen molar-refractivity contribution in [3.63, 3.8) is 0 Å². The molecule has 0 spiro atoms. The molecule has 0 N–H and O–H groups in total. The Labute approximate surface area is 172 Å². The van der Waals surface area contributed by atoms with Crippen LogP contribution in [0.25, 0.3) is 11.0 Å². The number of fused-ring (bicyclic) bond motifs is 1. The lowest BCUT2D eigenvalue weighted by molar-refractivity contribution is -0.126. The van der Waals surface area contributed by atoms with E-state index in [0.29, 0.717) is 13.0 Å². The number of hydrogen-bond donors (Lipinski definition) is 0. The second kappa shape index (κ2) is 8.68. The molecule has 0 radical (unpaired) electrons. The number of amides is 1. The Morgan fingerprint density at radius 3 is 2.62 bits per heavy atom. The number of hydrogen-bond acceptors (Lipinski definition) is 3. The highest BCUT2D eigenvalue weighted by atomic mass is 16.5. The minimum absolute atomic E-state index is 0.174. The van der Waals surface area contributed by atoms with Gasteiger partial charge in [0.15, 0.2) is 0 Å². The molecule has 1 atom stereocenters. The molecule has 1 aromatic heterocycles. The average molecular weight is 392 g/mol. The number of likely N-dealkylation sites (N-methyl/N-ethyl adjacent to an activating group) is 1. The number of rotatable bonds is 8. The molecule has 1 fully saturated rings. The van der Waals surface area contributed by atoms with Crippen molar-refractivity contribution in [1.82, 2.24) is 14.5 Å². The number of aryl methyl sites for hydroxylation is 2. The fourth-order valence-electron chi connectivity index (χ4n) is 4.06. The van der Waals surface area contributed by atoms with Crippen molar-refractivity contribution in [3.8, 4) is 5.75 Å². The number of likely N-dealkylation sites (tertiary alicyclic amines) is 1. The standard InChI is InChI=1S/C24H29N3O2/c1-3-18-10-12-20(13-11-18)29-15-7-6-14-27-22-9-5-4-8-21(22)25-24(27)19-16-23(28)26(2)17-19/h4-5,8-13,19H,3,6-7,14-17H2,1-2H3. The van der Waals surface area contributed by atoms with E-state index < -0.39 is 0 Å². The van der Waals surface area contributed by atoms with Gasteiger partial charge in [0.05, 0.1) is 17.6 Å². The van der Waals surface area contributed by atoms with Crippen LogP contribution < -0.4 is 4.74 Å². The van der Waals surface area contributed by atoms with Crippen molar-refractivity contribution in [2.75, 3.05) is 20.2 Å². The Morgan fingerprint density at radius 2 is 1.90 bits per heavy atom. The quantitative estimate of drug-likeness (QED) is 0.535. The molecule has 3 aromatic rings. The maximum Gasteiger partial charge on any atom is 0.223 e. The van der Waals surface area contributed by atoms with Crippen LogP contribution >= 0.6 is 0 Å². The Morgan fingerprint density at radius 1 is 1.10 bits per heavy atom. The van der Waals surface area contributed by atoms with E-state index in [0.717, 1.165) is 55.0 Å². The molecule has 29 heavy (non-hydrogen) atoms. The van der Waals surface area contributed by atoms with Gasteiger partial charge in [0.2, 0.25) is 5.91 Å². The first-order valence-electron chi connectivity index (χ1n) is 10.6. The summed E-state index contributed by atoms with van der Waals surface area (Å²) >= 11 is 0. The molecular formula is C24H29N3O2. The largest absolute Gasteiger partial charge is 0.494 e. The van der Waals surface area contributed by atoms with E-state index in [4.69, 9.17) is 9.72 Å². The van der Waals surface area contributed by atoms with Crippen LogP contribution in [0.4, 0.5) is 0 Å². The smallest absolute Gasteiger partial charge is 0.223 e. The van der Waals surface area contributed by atoms with Crippen molar-refractivity contribution in [1.29, 1.82) is 0 Å². The Bertz CT molecular complexity index is 977. The number of imidazole rings is 1. The molecule has 1 saturated heterocycles. The Hall–Kier alpha value is -2.82. The van der Waals surface area contributed by atoms with Crippen LogP contribution in [-0.2, 0) is 17.8 Å². The number of carbonyl (C=O) groups is 1. The summed E-state index contributed by atoms with van der Waals surface area (Å²) in [5.41, 5.74) is 3.49. The minimum atomic E-state index is 0.174. The van der Waals surface area contributed by atoms with Crippen molar-refractivity contribution in [3.05, 3.63) is 59.9 Å². The summed E-state index contributed by atoms with van der Waals surface area (Å²) in [6.45, 7) is 4.50. The van der Waals surface area contributed by atoms with E-state index in [2.05, 4.69) is 41.8 Å². The second-order valence-corrected chi connectivity index (χ2v) is 7.84. The van der Waals surface area contributed by atoms with Crippen LogP contribution in [-0.4, -0.2) is 40.6 Å². The van der Waals surface area contributed by atoms with Gasteiger partial charge >= 0.3 is 0 Å². The topological polar surface area (TPSA) is 47.4 Å². The summed E-state index contributed by atoms with van der Waals surface area (Å²) in [6.07, 6.45) is 3.59. The zero-order chi connectivity index (χ0) is 20.2. The van der Waals surface area contributed by atoms with Crippen molar-refractivity contribution in [2.45, 2.75) is 45.1 Å². The molecule has 1 unspecified atom stereocenters. The fraction of sp³-hybridized carbons (Fsp3) is 0.417. The molecule has 2 aromatic carbocycles. The van der Waals surface area contributed by atoms with Gasteiger partial charge in [-0.1, -0.05) is 31.2 Å². The number of ether oxygens (including phenoxy) is 1. The zero-order valence-corrected chi connectivity index (χ0v) is 17.3. The maximum absolute atomic E-state index is 12.0. The Kier molecular flexibility index (Phi) is 5.84. The van der Waals surface area contributed by atoms with Gasteiger partial charge in [-0.25, -0.2) is 4.98 Å². The molecule has 1 aliphatic heterocycles. The normalized spacial score (nSPS) is 16.7. The molecule has 2 heterocycles. The number of unbranched alkanes of at least 4 members (excludes halogenated alkanes) is 1. The van der Waals surface area contributed by atoms with E-state index in [1.165, 1.54) is 5.56 Å².